The summed E-state index contributed by atoms with van der Waals surface area (Å²) in [4.78, 5) is 25.1. The number of hydrogen-bond donors (Lipinski definition) is 3. The number of carbonyl (C=O) groups excluding carboxylic acids is 1. The van der Waals surface area contributed by atoms with Crippen molar-refractivity contribution in [1.29, 1.82) is 0 Å². The number of nitrogens with one attached hydrogen (secondary N) is 1. The minimum atomic E-state index is -1.08. The van der Waals surface area contributed by atoms with Crippen molar-refractivity contribution in [3.8, 4) is 0 Å². The molecular weight excluding hydrogens is 312 g/mol. The van der Waals surface area contributed by atoms with Gasteiger partial charge in [-0.15, -0.1) is 0 Å². The van der Waals surface area contributed by atoms with Gasteiger partial charge >= 0.3 is 5.97 Å². The molecule has 0 bridgehead atoms. The number of nitrogens with zero attached hydrogens (tertiary/aromatic N) is 1. The molecule has 0 aliphatic rings. The van der Waals surface area contributed by atoms with Crippen molar-refractivity contribution in [2.24, 2.45) is 0 Å². The molecule has 2 N–H and O–H groups in total. The third-order valence-corrected chi connectivity index (χ3v) is 4.00. The smallest absolute Gasteiger partial charge is 0.327 e. The Morgan fingerprint density at radius 1 is 1.17 bits per heavy atom. The maximum atomic E-state index is 12.1. The predicted octanol–water partition coefficient (Wildman–Crippen LogP) is 1.95. The van der Waals surface area contributed by atoms with Crippen molar-refractivity contribution >= 4 is 41.0 Å². The first-order valence-corrected chi connectivity index (χ1v) is 7.88. The van der Waals surface area contributed by atoms with Gasteiger partial charge in [-0.3, -0.25) is 4.79 Å². The molecule has 6 heteroatoms. The van der Waals surface area contributed by atoms with E-state index in [0.29, 0.717) is 0 Å². The number of aliphatic carboxylic acids is 1. The minimum Gasteiger partial charge on any atom is -0.480 e. The highest BCUT2D eigenvalue weighted by molar-refractivity contribution is 7.80. The molecule has 0 aliphatic heterocycles. The van der Waals surface area contributed by atoms with E-state index in [0.717, 1.165) is 22.0 Å². The third kappa shape index (κ3) is 3.96. The van der Waals surface area contributed by atoms with E-state index >= 15 is 0 Å². The zero-order valence-corrected chi connectivity index (χ0v) is 14.0. The van der Waals surface area contributed by atoms with Crippen molar-refractivity contribution in [1.82, 2.24) is 5.32 Å². The molecular formula is C17H20N2O3S. The Balaban J connectivity index is 2.29. The average Bonchev–Trinajstić information content (AvgIpc) is 2.52. The average molecular weight is 332 g/mol. The summed E-state index contributed by atoms with van der Waals surface area (Å²) in [5.41, 5.74) is 1.94. The largest absolute Gasteiger partial charge is 0.480 e. The molecule has 0 saturated heterocycles. The van der Waals surface area contributed by atoms with E-state index in [2.05, 4.69) is 17.9 Å². The number of anilines is 1. The summed E-state index contributed by atoms with van der Waals surface area (Å²) in [6, 6.07) is 10.8. The molecule has 2 rings (SSSR count). The number of carboxylic acid groups (broad SMARTS) is 1. The molecule has 5 nitrogen and oxygen atoms in total. The van der Waals surface area contributed by atoms with Crippen LogP contribution in [0.25, 0.3) is 10.8 Å². The zero-order valence-electron chi connectivity index (χ0n) is 13.1. The lowest BCUT2D eigenvalue weighted by Gasteiger charge is -2.17. The van der Waals surface area contributed by atoms with Crippen LogP contribution in [0.1, 0.15) is 5.56 Å². The second kappa shape index (κ2) is 7.37. The van der Waals surface area contributed by atoms with Gasteiger partial charge in [0.05, 0.1) is 6.42 Å². The number of hydrogen-bond acceptors (Lipinski definition) is 4. The zero-order chi connectivity index (χ0) is 17.0. The van der Waals surface area contributed by atoms with Crippen molar-refractivity contribution in [3.05, 3.63) is 42.0 Å². The molecule has 1 atom stereocenters. The maximum absolute atomic E-state index is 12.1. The second-order valence-electron chi connectivity index (χ2n) is 5.50. The normalized spacial score (nSPS) is 12.0. The highest BCUT2D eigenvalue weighted by Crippen LogP contribution is 2.28. The Morgan fingerprint density at radius 2 is 1.83 bits per heavy atom. The van der Waals surface area contributed by atoms with E-state index in [1.807, 2.05) is 55.4 Å². The van der Waals surface area contributed by atoms with Gasteiger partial charge in [-0.05, 0) is 17.0 Å². The number of benzene rings is 2. The molecule has 1 amide bonds. The summed E-state index contributed by atoms with van der Waals surface area (Å²) < 4.78 is 0. The third-order valence-electron chi connectivity index (χ3n) is 3.64. The first kappa shape index (κ1) is 17.1. The molecule has 2 aromatic carbocycles. The number of thiol groups is 1. The molecule has 0 heterocycles. The van der Waals surface area contributed by atoms with E-state index in [1.165, 1.54) is 0 Å². The van der Waals surface area contributed by atoms with Crippen LogP contribution in [0.2, 0.25) is 0 Å². The highest BCUT2D eigenvalue weighted by Gasteiger charge is 2.18. The lowest BCUT2D eigenvalue weighted by molar-refractivity contribution is -0.141. The summed E-state index contributed by atoms with van der Waals surface area (Å²) in [5.74, 6) is -1.35. The quantitative estimate of drug-likeness (QED) is 0.707. The Kier molecular flexibility index (Phi) is 5.50. The lowest BCUT2D eigenvalue weighted by Crippen LogP contribution is -2.42. The standard InChI is InChI=1S/C17H20N2O3S/c1-19(2)15-8-4-6-12-11(5-3-7-13(12)15)9-16(20)18-14(10-23)17(21)22/h3-8,14,23H,9-10H2,1-2H3,(H,18,20)(H,21,22)/t14-/m0/s1. The van der Waals surface area contributed by atoms with Gasteiger partial charge in [-0.1, -0.05) is 30.3 Å². The van der Waals surface area contributed by atoms with Gasteiger partial charge < -0.3 is 15.3 Å². The van der Waals surface area contributed by atoms with Gasteiger partial charge in [0.1, 0.15) is 6.04 Å². The van der Waals surface area contributed by atoms with Crippen LogP contribution >= 0.6 is 12.6 Å². The van der Waals surface area contributed by atoms with E-state index < -0.39 is 12.0 Å². The van der Waals surface area contributed by atoms with Gasteiger partial charge in [0.25, 0.3) is 0 Å². The Bertz CT molecular complexity index is 731. The topological polar surface area (TPSA) is 69.6 Å². The molecule has 0 fully saturated rings. The first-order chi connectivity index (χ1) is 10.9. The molecule has 2 aromatic rings. The highest BCUT2D eigenvalue weighted by atomic mass is 32.1. The Labute approximate surface area is 140 Å². The summed E-state index contributed by atoms with van der Waals surface area (Å²) in [7, 11) is 3.94. The summed E-state index contributed by atoms with van der Waals surface area (Å²) in [6.45, 7) is 0. The molecule has 0 spiro atoms. The number of amides is 1. The SMILES string of the molecule is CN(C)c1cccc2c(CC(=O)N[C@@H](CS)C(=O)O)cccc12. The van der Waals surface area contributed by atoms with Crippen molar-refractivity contribution in [2.45, 2.75) is 12.5 Å². The van der Waals surface area contributed by atoms with E-state index in [9.17, 15) is 9.59 Å². The number of fused-ring (bicyclic) bond motifs is 1. The predicted molar refractivity (Wildman–Crippen MR) is 95.4 cm³/mol. The van der Waals surface area contributed by atoms with Gasteiger partial charge in [-0.2, -0.15) is 12.6 Å². The van der Waals surface area contributed by atoms with Crippen molar-refractivity contribution in [2.75, 3.05) is 24.7 Å². The summed E-state index contributed by atoms with van der Waals surface area (Å²) in [5, 5.41) is 13.5. The number of carbonyl (C=O) groups is 2. The fourth-order valence-corrected chi connectivity index (χ4v) is 2.75. The number of carboxylic acids is 1. The lowest BCUT2D eigenvalue weighted by atomic mass is 10.00. The van der Waals surface area contributed by atoms with Gasteiger partial charge in [0.15, 0.2) is 0 Å². The van der Waals surface area contributed by atoms with Gasteiger partial charge in [-0.25, -0.2) is 4.79 Å². The van der Waals surface area contributed by atoms with Gasteiger partial charge in [0.2, 0.25) is 5.91 Å². The van der Waals surface area contributed by atoms with E-state index in [-0.39, 0.29) is 18.1 Å². The van der Waals surface area contributed by atoms with Crippen LogP contribution in [0.4, 0.5) is 5.69 Å². The van der Waals surface area contributed by atoms with Crippen molar-refractivity contribution in [3.63, 3.8) is 0 Å². The fraction of sp³-hybridized carbons (Fsp3) is 0.294. The molecule has 23 heavy (non-hydrogen) atoms. The first-order valence-electron chi connectivity index (χ1n) is 7.25. The van der Waals surface area contributed by atoms with Crippen molar-refractivity contribution < 1.29 is 14.7 Å². The number of rotatable bonds is 6. The van der Waals surface area contributed by atoms with Crippen LogP contribution in [0, 0.1) is 0 Å². The summed E-state index contributed by atoms with van der Waals surface area (Å²) in [6.07, 6.45) is 0.131. The van der Waals surface area contributed by atoms with Crippen LogP contribution in [-0.2, 0) is 16.0 Å². The molecule has 0 aromatic heterocycles. The Hall–Kier alpha value is -2.21. The molecule has 0 unspecified atom stereocenters. The molecule has 0 radical (unpaired) electrons. The van der Waals surface area contributed by atoms with Crippen LogP contribution < -0.4 is 10.2 Å². The van der Waals surface area contributed by atoms with Crippen LogP contribution in [0.5, 0.6) is 0 Å². The maximum Gasteiger partial charge on any atom is 0.327 e. The molecule has 0 aliphatic carbocycles. The Morgan fingerprint density at radius 3 is 2.43 bits per heavy atom. The second-order valence-corrected chi connectivity index (χ2v) is 5.87. The summed E-state index contributed by atoms with van der Waals surface area (Å²) >= 11 is 3.95. The monoisotopic (exact) mass is 332 g/mol. The van der Waals surface area contributed by atoms with E-state index in [1.54, 1.807) is 0 Å². The van der Waals surface area contributed by atoms with Gasteiger partial charge in [0, 0.05) is 30.9 Å². The minimum absolute atomic E-state index is 0.0569. The molecule has 0 saturated carbocycles. The fourth-order valence-electron chi connectivity index (χ4n) is 2.51. The van der Waals surface area contributed by atoms with Crippen LogP contribution in [0.15, 0.2) is 36.4 Å². The molecule has 122 valence electrons. The van der Waals surface area contributed by atoms with Crippen LogP contribution in [-0.4, -0.2) is 42.9 Å². The van der Waals surface area contributed by atoms with Crippen LogP contribution in [0.3, 0.4) is 0 Å². The van der Waals surface area contributed by atoms with E-state index in [4.69, 9.17) is 5.11 Å².